The van der Waals surface area contributed by atoms with Gasteiger partial charge >= 0.3 is 0 Å². The van der Waals surface area contributed by atoms with Crippen LogP contribution in [0.5, 0.6) is 5.75 Å². The number of benzene rings is 2. The van der Waals surface area contributed by atoms with Gasteiger partial charge in [-0.05, 0) is 50.6 Å². The zero-order chi connectivity index (χ0) is 24.7. The lowest BCUT2D eigenvalue weighted by Crippen LogP contribution is -2.17. The molecule has 0 bridgehead atoms. The Morgan fingerprint density at radius 1 is 1.21 bits per heavy atom. The van der Waals surface area contributed by atoms with E-state index in [1.165, 1.54) is 19.4 Å². The number of carbonyl (C=O) groups is 1. The summed E-state index contributed by atoms with van der Waals surface area (Å²) < 4.78 is 30.2. The molecule has 0 atom stereocenters. The van der Waals surface area contributed by atoms with E-state index in [1.54, 1.807) is 31.2 Å². The van der Waals surface area contributed by atoms with Crippen molar-refractivity contribution in [1.82, 2.24) is 4.98 Å². The topological polar surface area (TPSA) is 106 Å². The Morgan fingerprint density at radius 3 is 2.56 bits per heavy atom. The molecule has 34 heavy (non-hydrogen) atoms. The highest BCUT2D eigenvalue weighted by molar-refractivity contribution is 7.48. The minimum atomic E-state index is -1.35. The van der Waals surface area contributed by atoms with E-state index >= 15 is 0 Å². The van der Waals surface area contributed by atoms with E-state index in [0.29, 0.717) is 58.1 Å². The highest BCUT2D eigenvalue weighted by atomic mass is 31.2. The van der Waals surface area contributed by atoms with Gasteiger partial charge in [-0.2, -0.15) is 5.26 Å². The number of methoxy groups -OCH3 is 1. The number of halogens is 1. The molecular weight excluding hydrogens is 458 g/mol. The van der Waals surface area contributed by atoms with Gasteiger partial charge in [-0.3, -0.25) is 9.78 Å². The van der Waals surface area contributed by atoms with Crippen LogP contribution in [0.2, 0.25) is 0 Å². The molecule has 0 saturated carbocycles. The summed E-state index contributed by atoms with van der Waals surface area (Å²) in [6.07, 6.45) is 1.52. The summed E-state index contributed by atoms with van der Waals surface area (Å²) in [6, 6.07) is 10.1. The first-order valence-electron chi connectivity index (χ1n) is 10.7. The molecule has 10 heteroatoms. The number of hydrogen-bond donors (Lipinski definition) is 2. The van der Waals surface area contributed by atoms with Crippen LogP contribution < -0.4 is 15.4 Å². The number of nitrogens with one attached hydrogen (secondary N) is 2. The number of anilines is 3. The average Bonchev–Trinajstić information content (AvgIpc) is 2.81. The third-order valence-electron chi connectivity index (χ3n) is 4.83. The molecule has 0 saturated heterocycles. The molecule has 0 aliphatic rings. The fourth-order valence-electron chi connectivity index (χ4n) is 3.30. The molecule has 0 aliphatic heterocycles. The molecule has 0 aliphatic carbocycles. The lowest BCUT2D eigenvalue weighted by Gasteiger charge is -2.17. The Labute approximate surface area is 199 Å². The van der Waals surface area contributed by atoms with Crippen LogP contribution in [0, 0.1) is 24.1 Å². The van der Waals surface area contributed by atoms with Crippen LogP contribution in [-0.4, -0.2) is 37.4 Å². The Kier molecular flexibility index (Phi) is 8.72. The maximum Gasteiger partial charge on any atom is 0.233 e. The summed E-state index contributed by atoms with van der Waals surface area (Å²) in [4.78, 5) is 17.1. The van der Waals surface area contributed by atoms with E-state index in [1.807, 2.05) is 13.8 Å². The zero-order valence-corrected chi connectivity index (χ0v) is 20.3. The van der Waals surface area contributed by atoms with E-state index in [-0.39, 0.29) is 17.9 Å². The molecule has 1 amide bonds. The second-order valence-electron chi connectivity index (χ2n) is 7.19. The van der Waals surface area contributed by atoms with Gasteiger partial charge < -0.3 is 24.4 Å². The van der Waals surface area contributed by atoms with Gasteiger partial charge in [0.25, 0.3) is 0 Å². The number of pyridine rings is 1. The average molecular weight is 484 g/mol. The van der Waals surface area contributed by atoms with Crippen LogP contribution in [-0.2, 0) is 13.8 Å². The second kappa shape index (κ2) is 11.7. The molecule has 3 rings (SSSR count). The molecule has 0 radical (unpaired) electrons. The molecule has 8 nitrogen and oxygen atoms in total. The van der Waals surface area contributed by atoms with Gasteiger partial charge in [-0.1, -0.05) is 0 Å². The molecule has 2 aromatic carbocycles. The SMILES string of the molecule is CCOP(CC(=O)Nc1cc2c(Nc3ccc(F)c(C)c3)c(C#N)cnc2cc1OC)OCC. The van der Waals surface area contributed by atoms with Crippen molar-refractivity contribution in [3.8, 4) is 11.8 Å². The summed E-state index contributed by atoms with van der Waals surface area (Å²) in [5.74, 6) is -0.197. The van der Waals surface area contributed by atoms with E-state index in [4.69, 9.17) is 13.8 Å². The Bertz CT molecular complexity index is 1230. The van der Waals surface area contributed by atoms with Gasteiger partial charge in [-0.15, -0.1) is 0 Å². The van der Waals surface area contributed by atoms with Gasteiger partial charge in [-0.25, -0.2) is 4.39 Å². The maximum absolute atomic E-state index is 13.7. The van der Waals surface area contributed by atoms with Gasteiger partial charge in [0.2, 0.25) is 5.91 Å². The molecule has 178 valence electrons. The van der Waals surface area contributed by atoms with Crippen molar-refractivity contribution in [2.24, 2.45) is 0 Å². The first kappa shape index (κ1) is 25.3. The van der Waals surface area contributed by atoms with Gasteiger partial charge in [0.05, 0.1) is 48.9 Å². The number of aromatic nitrogens is 1. The molecule has 2 N–H and O–H groups in total. The molecule has 0 spiro atoms. The smallest absolute Gasteiger partial charge is 0.233 e. The third-order valence-corrected chi connectivity index (χ3v) is 6.47. The van der Waals surface area contributed by atoms with E-state index in [2.05, 4.69) is 21.7 Å². The van der Waals surface area contributed by atoms with Crippen LogP contribution in [0.4, 0.5) is 21.5 Å². The molecular formula is C24H26FN4O4P. The fraction of sp³-hybridized carbons (Fsp3) is 0.292. The summed E-state index contributed by atoms with van der Waals surface area (Å²) in [6.45, 7) is 6.23. The normalized spacial score (nSPS) is 10.9. The molecule has 1 aromatic heterocycles. The Hall–Kier alpha value is -3.31. The van der Waals surface area contributed by atoms with Crippen LogP contribution >= 0.6 is 8.38 Å². The second-order valence-corrected chi connectivity index (χ2v) is 8.69. The summed E-state index contributed by atoms with van der Waals surface area (Å²) in [5.41, 5.74) is 2.84. The Balaban J connectivity index is 2.01. The van der Waals surface area contributed by atoms with Crippen molar-refractivity contribution < 1.29 is 23.0 Å². The third kappa shape index (κ3) is 5.97. The molecule has 0 unspecified atom stereocenters. The number of rotatable bonds is 10. The number of nitriles is 1. The number of fused-ring (bicyclic) bond motifs is 1. The maximum atomic E-state index is 13.7. The summed E-state index contributed by atoms with van der Waals surface area (Å²) in [7, 11) is 0.145. The largest absolute Gasteiger partial charge is 0.494 e. The predicted molar refractivity (Wildman–Crippen MR) is 131 cm³/mol. The number of carbonyl (C=O) groups excluding carboxylic acids is 1. The van der Waals surface area contributed by atoms with E-state index in [0.717, 1.165) is 0 Å². The highest BCUT2D eigenvalue weighted by Crippen LogP contribution is 2.39. The van der Waals surface area contributed by atoms with Gasteiger partial charge in [0.15, 0.2) is 8.38 Å². The fourth-order valence-corrected chi connectivity index (χ4v) is 4.44. The first-order valence-corrected chi connectivity index (χ1v) is 12.0. The van der Waals surface area contributed by atoms with Crippen LogP contribution in [0.15, 0.2) is 36.5 Å². The number of aryl methyl sites for hydroxylation is 1. The van der Waals surface area contributed by atoms with E-state index in [9.17, 15) is 14.4 Å². The standard InChI is InChI=1S/C24H26FN4O4P/c1-5-32-34(33-6-2)14-23(30)29-21-10-18-20(11-22(21)31-4)27-13-16(12-26)24(18)28-17-7-8-19(25)15(3)9-17/h7-11,13H,5-6,14H2,1-4H3,(H,27,28)(H,29,30). The monoisotopic (exact) mass is 484 g/mol. The van der Waals surface area contributed by atoms with Crippen molar-refractivity contribution in [2.75, 3.05) is 37.1 Å². The summed E-state index contributed by atoms with van der Waals surface area (Å²) in [5, 5.41) is 16.3. The lowest BCUT2D eigenvalue weighted by molar-refractivity contribution is -0.114. The number of nitrogens with zero attached hydrogens (tertiary/aromatic N) is 2. The molecule has 3 aromatic rings. The van der Waals surface area contributed by atoms with Crippen molar-refractivity contribution >= 4 is 42.2 Å². The number of amides is 1. The van der Waals surface area contributed by atoms with E-state index < -0.39 is 8.38 Å². The van der Waals surface area contributed by atoms with Crippen molar-refractivity contribution in [3.05, 3.63) is 53.5 Å². The minimum Gasteiger partial charge on any atom is -0.494 e. The van der Waals surface area contributed by atoms with Crippen LogP contribution in [0.3, 0.4) is 0 Å². The number of hydrogen-bond acceptors (Lipinski definition) is 7. The van der Waals surface area contributed by atoms with Gasteiger partial charge in [0, 0.05) is 23.3 Å². The van der Waals surface area contributed by atoms with Crippen molar-refractivity contribution in [3.63, 3.8) is 0 Å². The molecule has 0 fully saturated rings. The van der Waals surface area contributed by atoms with Crippen molar-refractivity contribution in [1.29, 1.82) is 5.26 Å². The van der Waals surface area contributed by atoms with Crippen LogP contribution in [0.1, 0.15) is 25.0 Å². The quantitative estimate of drug-likeness (QED) is 0.359. The lowest BCUT2D eigenvalue weighted by atomic mass is 10.1. The highest BCUT2D eigenvalue weighted by Gasteiger charge is 2.19. The molecule has 1 heterocycles. The number of ether oxygens (including phenoxy) is 1. The van der Waals surface area contributed by atoms with Gasteiger partial charge in [0.1, 0.15) is 17.6 Å². The minimum absolute atomic E-state index is 0.0641. The first-order chi connectivity index (χ1) is 16.4. The zero-order valence-electron chi connectivity index (χ0n) is 19.4. The van der Waals surface area contributed by atoms with Crippen molar-refractivity contribution in [2.45, 2.75) is 20.8 Å². The van der Waals surface area contributed by atoms with Crippen LogP contribution in [0.25, 0.3) is 10.9 Å². The predicted octanol–water partition coefficient (Wildman–Crippen LogP) is 5.63. The summed E-state index contributed by atoms with van der Waals surface area (Å²) >= 11 is 0. The Morgan fingerprint density at radius 2 is 1.94 bits per heavy atom.